The second-order valence-electron chi connectivity index (χ2n) is 12.1. The van der Waals surface area contributed by atoms with Crippen LogP contribution in [0.2, 0.25) is 0 Å². The van der Waals surface area contributed by atoms with Gasteiger partial charge in [-0.05, 0) is 52.4 Å². The zero-order valence-corrected chi connectivity index (χ0v) is 35.7. The summed E-state index contributed by atoms with van der Waals surface area (Å²) in [6.07, 6.45) is 0.0935. The number of ether oxygens (including phenoxy) is 6. The summed E-state index contributed by atoms with van der Waals surface area (Å²) in [5, 5.41) is 17.4. The number of hydrogen-bond donors (Lipinski definition) is 2. The Bertz CT molecular complexity index is 1320. The van der Waals surface area contributed by atoms with Crippen molar-refractivity contribution in [2.75, 3.05) is 52.9 Å². The number of halogens is 6. The third-order valence-electron chi connectivity index (χ3n) is 5.89. The molecule has 334 valence electrons. The van der Waals surface area contributed by atoms with Crippen LogP contribution in [0, 0.1) is 22.7 Å². The Hall–Kier alpha value is -2.40. The molecule has 2 radical (unpaired) electrons. The van der Waals surface area contributed by atoms with E-state index in [1.54, 1.807) is 20.8 Å². The molecule has 1 heterocycles. The molecule has 18 nitrogen and oxygen atoms in total. The zero-order chi connectivity index (χ0) is 43.9. The summed E-state index contributed by atoms with van der Waals surface area (Å²) in [7, 11) is -12.3. The third kappa shape index (κ3) is 25.8. The molecule has 2 N–H and O–H groups in total. The van der Waals surface area contributed by atoms with Crippen molar-refractivity contribution >= 4 is 66.5 Å². The van der Waals surface area contributed by atoms with Crippen LogP contribution in [0.25, 0.3) is 0 Å². The van der Waals surface area contributed by atoms with E-state index in [1.165, 1.54) is 6.92 Å². The molecule has 1 unspecified atom stereocenters. The van der Waals surface area contributed by atoms with E-state index in [-0.39, 0.29) is 40.5 Å². The SMILES string of the molecule is C.CC(C)CCO.CCOC(=O)C(C)(CO)COC(=O)OCCC(C)C.CCOC(=O)C1(C)COC(=O)OC1.O=S(=O)([O][Sn][O]S(=O)(=O)C(F)(F)F)C(F)(F)F. The van der Waals surface area contributed by atoms with E-state index in [9.17, 15) is 67.5 Å². The summed E-state index contributed by atoms with van der Waals surface area (Å²) in [5.74, 6) is 0.0695. The molecule has 1 saturated heterocycles. The minimum atomic E-state index is -6.15. The molecule has 0 aromatic carbocycles. The van der Waals surface area contributed by atoms with Gasteiger partial charge in [-0.3, -0.25) is 9.59 Å². The van der Waals surface area contributed by atoms with E-state index in [1.807, 2.05) is 13.8 Å². The average molecular weight is 986 g/mol. The Morgan fingerprint density at radius 1 is 0.804 bits per heavy atom. The zero-order valence-electron chi connectivity index (χ0n) is 31.2. The van der Waals surface area contributed by atoms with E-state index in [0.29, 0.717) is 25.0 Å². The van der Waals surface area contributed by atoms with Gasteiger partial charge in [0.1, 0.15) is 30.7 Å². The molecule has 1 aliphatic rings. The number of rotatable bonds is 16. The van der Waals surface area contributed by atoms with Crippen molar-refractivity contribution in [3.8, 4) is 0 Å². The predicted octanol–water partition coefficient (Wildman–Crippen LogP) is 4.38. The van der Waals surface area contributed by atoms with Crippen molar-refractivity contribution in [2.45, 2.75) is 86.7 Å². The first kappa shape index (κ1) is 60.3. The molecule has 1 rings (SSSR count). The molecule has 1 atom stereocenters. The van der Waals surface area contributed by atoms with Gasteiger partial charge in [-0.15, -0.1) is 0 Å². The van der Waals surface area contributed by atoms with Crippen LogP contribution in [0.3, 0.4) is 0 Å². The normalized spacial score (nSPS) is 14.9. The number of cyclic esters (lactones) is 2. The van der Waals surface area contributed by atoms with Crippen LogP contribution in [-0.4, -0.2) is 137 Å². The molecule has 1 aliphatic heterocycles. The first-order valence-corrected chi connectivity index (χ1v) is 21.0. The van der Waals surface area contributed by atoms with Gasteiger partial charge >= 0.3 is 126 Å². The topological polar surface area (TPSA) is 251 Å². The number of esters is 2. The van der Waals surface area contributed by atoms with Crippen molar-refractivity contribution in [1.29, 1.82) is 0 Å². The molecule has 0 aromatic heterocycles. The Balaban J connectivity index is -0.000000338. The summed E-state index contributed by atoms with van der Waals surface area (Å²) in [6, 6.07) is 0. The Morgan fingerprint density at radius 3 is 1.55 bits per heavy atom. The van der Waals surface area contributed by atoms with E-state index < -0.39 is 94.9 Å². The molecular weight excluding hydrogens is 933 g/mol. The maximum atomic E-state index is 11.6. The van der Waals surface area contributed by atoms with Gasteiger partial charge in [0.05, 0.1) is 26.4 Å². The number of carbonyl (C=O) groups excluding carboxylic acids is 4. The molecule has 0 aromatic rings. The summed E-state index contributed by atoms with van der Waals surface area (Å²) >= 11 is -3.86. The maximum absolute atomic E-state index is 11.6. The molecule has 0 spiro atoms. The van der Waals surface area contributed by atoms with Gasteiger partial charge in [0.15, 0.2) is 0 Å². The Kier molecular flexibility index (Phi) is 30.2. The minimum absolute atomic E-state index is 0. The molecule has 27 heteroatoms. The number of carbonyl (C=O) groups is 4. The van der Waals surface area contributed by atoms with Gasteiger partial charge < -0.3 is 38.6 Å². The molecule has 0 aliphatic carbocycles. The van der Waals surface area contributed by atoms with Gasteiger partial charge in [0.25, 0.3) is 0 Å². The van der Waals surface area contributed by atoms with Crippen molar-refractivity contribution in [3.63, 3.8) is 0 Å². The Morgan fingerprint density at radius 2 is 1.23 bits per heavy atom. The first-order valence-electron chi connectivity index (χ1n) is 15.8. The monoisotopic (exact) mass is 986 g/mol. The fraction of sp³-hybridized carbons (Fsp3) is 0.862. The van der Waals surface area contributed by atoms with Gasteiger partial charge in [-0.2, -0.15) is 0 Å². The number of aliphatic hydroxyl groups is 2. The van der Waals surface area contributed by atoms with E-state index in [0.717, 1.165) is 12.8 Å². The number of aliphatic hydroxyl groups excluding tert-OH is 2. The number of alkyl halides is 6. The molecule has 1 fully saturated rings. The first-order chi connectivity index (χ1) is 24.9. The van der Waals surface area contributed by atoms with Crippen LogP contribution in [0.5, 0.6) is 0 Å². The van der Waals surface area contributed by atoms with E-state index in [2.05, 4.69) is 28.4 Å². The van der Waals surface area contributed by atoms with Crippen LogP contribution >= 0.6 is 0 Å². The van der Waals surface area contributed by atoms with Gasteiger partial charge in [-0.25, -0.2) is 9.59 Å². The fourth-order valence-corrected chi connectivity index (χ4v) is 6.86. The average Bonchev–Trinajstić information content (AvgIpc) is 3.04. The van der Waals surface area contributed by atoms with Gasteiger partial charge in [0, 0.05) is 6.61 Å². The molecular formula is C29H52F6O18S2Sn. The van der Waals surface area contributed by atoms with E-state index in [4.69, 9.17) is 24.1 Å². The van der Waals surface area contributed by atoms with E-state index >= 15 is 0 Å². The standard InChI is InChI=1S/C13H24O6.C8H12O5.C5H12O.2CHF3O3S.CH4.Sn/c1-5-17-11(15)13(4,8-14)9-19-12(16)18-7-6-10(2)3;1-3-11-6(9)8(2)4-12-7(10)13-5-8;1-5(2)3-4-6;2*2-1(3,4)8(5,6)7;;/h10,14H,5-9H2,1-4H3;3-5H2,1-2H3;5-6H,3-4H2,1-2H3;2*(H,5,6,7);1H4;/q;;;;;;+2/p-2. The molecule has 0 bridgehead atoms. The van der Waals surface area contributed by atoms with Crippen LogP contribution < -0.4 is 0 Å². The number of hydrogen-bond acceptors (Lipinski definition) is 18. The van der Waals surface area contributed by atoms with Crippen LogP contribution in [-0.2, 0) is 63.3 Å². The van der Waals surface area contributed by atoms with Crippen molar-refractivity contribution in [1.82, 2.24) is 0 Å². The van der Waals surface area contributed by atoms with Crippen LogP contribution in [0.1, 0.15) is 75.7 Å². The van der Waals surface area contributed by atoms with Gasteiger partial charge in [-0.1, -0.05) is 35.1 Å². The molecule has 0 saturated carbocycles. The Labute approximate surface area is 333 Å². The summed E-state index contributed by atoms with van der Waals surface area (Å²) in [6.45, 7) is 15.1. The second kappa shape index (κ2) is 28.1. The third-order valence-corrected chi connectivity index (χ3v) is 12.5. The van der Waals surface area contributed by atoms with Crippen LogP contribution in [0.15, 0.2) is 0 Å². The van der Waals surface area contributed by atoms with Crippen molar-refractivity contribution < 1.29 is 106 Å². The quantitative estimate of drug-likeness (QED) is 0.0716. The fourth-order valence-electron chi connectivity index (χ4n) is 2.51. The second-order valence-corrected chi connectivity index (χ2v) is 18.5. The summed E-state index contributed by atoms with van der Waals surface area (Å²) in [4.78, 5) is 44.8. The van der Waals surface area contributed by atoms with Crippen molar-refractivity contribution in [3.05, 3.63) is 0 Å². The predicted molar refractivity (Wildman–Crippen MR) is 182 cm³/mol. The molecule has 56 heavy (non-hydrogen) atoms. The summed E-state index contributed by atoms with van der Waals surface area (Å²) in [5.41, 5.74) is -13.8. The molecule has 0 amide bonds. The van der Waals surface area contributed by atoms with Crippen LogP contribution in [0.4, 0.5) is 35.9 Å². The van der Waals surface area contributed by atoms with Crippen molar-refractivity contribution in [2.24, 2.45) is 22.7 Å². The summed E-state index contributed by atoms with van der Waals surface area (Å²) < 4.78 is 145. The van der Waals surface area contributed by atoms with Gasteiger partial charge in [0.2, 0.25) is 0 Å².